The van der Waals surface area contributed by atoms with E-state index in [-0.39, 0.29) is 0 Å². The number of carbonyl (C=O) groups is 2. The van der Waals surface area contributed by atoms with Gasteiger partial charge in [0.2, 0.25) is 0 Å². The summed E-state index contributed by atoms with van der Waals surface area (Å²) in [5, 5.41) is 2.57. The molecular formula is C13H17N3O2. The number of likely N-dealkylation sites (tertiary alicyclic amines) is 1. The van der Waals surface area contributed by atoms with Crippen molar-refractivity contribution in [1.82, 2.24) is 4.90 Å². The summed E-state index contributed by atoms with van der Waals surface area (Å²) in [6.07, 6.45) is 1.93. The Hall–Kier alpha value is -2.04. The summed E-state index contributed by atoms with van der Waals surface area (Å²) in [5.41, 5.74) is 7.69. The molecule has 5 heteroatoms. The molecule has 2 amide bonds. The van der Waals surface area contributed by atoms with E-state index in [9.17, 15) is 9.59 Å². The number of benzene rings is 1. The third-order valence-electron chi connectivity index (χ3n) is 3.04. The molecule has 2 rings (SSSR count). The number of anilines is 2. The summed E-state index contributed by atoms with van der Waals surface area (Å²) in [6.45, 7) is 3.22. The lowest BCUT2D eigenvalue weighted by molar-refractivity contribution is -0.142. The Bertz CT molecular complexity index is 479. The number of carbonyl (C=O) groups excluding carboxylic acids is 2. The molecule has 0 aliphatic carbocycles. The molecule has 1 aromatic carbocycles. The van der Waals surface area contributed by atoms with Gasteiger partial charge in [-0.3, -0.25) is 9.59 Å². The van der Waals surface area contributed by atoms with Gasteiger partial charge in [0, 0.05) is 13.1 Å². The Morgan fingerprint density at radius 1 is 1.28 bits per heavy atom. The van der Waals surface area contributed by atoms with Gasteiger partial charge in [0.05, 0.1) is 11.4 Å². The van der Waals surface area contributed by atoms with Crippen LogP contribution in [0, 0.1) is 6.92 Å². The zero-order valence-corrected chi connectivity index (χ0v) is 10.4. The minimum atomic E-state index is -0.616. The lowest BCUT2D eigenvalue weighted by atomic mass is 10.2. The Balaban J connectivity index is 2.06. The maximum atomic E-state index is 11.8. The number of amides is 2. The molecule has 0 radical (unpaired) electrons. The fourth-order valence-electron chi connectivity index (χ4n) is 2.02. The molecule has 0 unspecified atom stereocenters. The molecule has 0 saturated carbocycles. The molecular weight excluding hydrogens is 230 g/mol. The van der Waals surface area contributed by atoms with Gasteiger partial charge in [0.15, 0.2) is 0 Å². The van der Waals surface area contributed by atoms with Gasteiger partial charge in [0.25, 0.3) is 0 Å². The van der Waals surface area contributed by atoms with Gasteiger partial charge < -0.3 is 16.0 Å². The molecule has 1 fully saturated rings. The highest BCUT2D eigenvalue weighted by Gasteiger charge is 2.24. The maximum absolute atomic E-state index is 11.8. The van der Waals surface area contributed by atoms with Crippen LogP contribution in [0.4, 0.5) is 11.4 Å². The van der Waals surface area contributed by atoms with Gasteiger partial charge in [-0.05, 0) is 37.5 Å². The predicted octanol–water partition coefficient (Wildman–Crippen LogP) is 1.14. The molecule has 18 heavy (non-hydrogen) atoms. The topological polar surface area (TPSA) is 75.4 Å². The van der Waals surface area contributed by atoms with E-state index >= 15 is 0 Å². The zero-order chi connectivity index (χ0) is 13.1. The first kappa shape index (κ1) is 12.4. The molecule has 1 saturated heterocycles. The van der Waals surface area contributed by atoms with Gasteiger partial charge in [-0.25, -0.2) is 0 Å². The van der Waals surface area contributed by atoms with Crippen LogP contribution in [0.3, 0.4) is 0 Å². The maximum Gasteiger partial charge on any atom is 0.313 e. The van der Waals surface area contributed by atoms with Crippen molar-refractivity contribution >= 4 is 23.2 Å². The standard InChI is InChI=1S/C13H17N3O2/c1-9-4-5-10(14)11(8-9)15-12(17)13(18)16-6-2-3-7-16/h4-5,8H,2-3,6-7,14H2,1H3,(H,15,17). The second-order valence-corrected chi connectivity index (χ2v) is 4.54. The van der Waals surface area contributed by atoms with Crippen molar-refractivity contribution in [3.05, 3.63) is 23.8 Å². The van der Waals surface area contributed by atoms with E-state index in [4.69, 9.17) is 5.73 Å². The SMILES string of the molecule is Cc1ccc(N)c(NC(=O)C(=O)N2CCCC2)c1. The van der Waals surface area contributed by atoms with Gasteiger partial charge in [-0.1, -0.05) is 6.07 Å². The molecule has 0 spiro atoms. The number of rotatable bonds is 1. The average Bonchev–Trinajstić information content (AvgIpc) is 2.86. The minimum absolute atomic E-state index is 0.461. The highest BCUT2D eigenvalue weighted by molar-refractivity contribution is 6.39. The highest BCUT2D eigenvalue weighted by Crippen LogP contribution is 2.19. The predicted molar refractivity (Wildman–Crippen MR) is 70.0 cm³/mol. The number of hydrogen-bond donors (Lipinski definition) is 2. The largest absolute Gasteiger partial charge is 0.397 e. The monoisotopic (exact) mass is 247 g/mol. The molecule has 0 aromatic heterocycles. The van der Waals surface area contributed by atoms with Crippen LogP contribution in [0.1, 0.15) is 18.4 Å². The summed E-state index contributed by atoms with van der Waals surface area (Å²) >= 11 is 0. The second-order valence-electron chi connectivity index (χ2n) is 4.54. The molecule has 96 valence electrons. The van der Waals surface area contributed by atoms with Crippen LogP contribution >= 0.6 is 0 Å². The van der Waals surface area contributed by atoms with Crippen molar-refractivity contribution < 1.29 is 9.59 Å². The fraction of sp³-hybridized carbons (Fsp3) is 0.385. The summed E-state index contributed by atoms with van der Waals surface area (Å²) in [6, 6.07) is 5.32. The van der Waals surface area contributed by atoms with Crippen molar-refractivity contribution in [2.75, 3.05) is 24.1 Å². The second kappa shape index (κ2) is 5.08. The molecule has 1 aliphatic heterocycles. The minimum Gasteiger partial charge on any atom is -0.397 e. The third kappa shape index (κ3) is 2.61. The van der Waals surface area contributed by atoms with Crippen molar-refractivity contribution in [3.8, 4) is 0 Å². The summed E-state index contributed by atoms with van der Waals surface area (Å²) in [5.74, 6) is -1.09. The third-order valence-corrected chi connectivity index (χ3v) is 3.04. The van der Waals surface area contributed by atoms with E-state index in [0.717, 1.165) is 18.4 Å². The summed E-state index contributed by atoms with van der Waals surface area (Å²) in [7, 11) is 0. The summed E-state index contributed by atoms with van der Waals surface area (Å²) in [4.78, 5) is 25.2. The smallest absolute Gasteiger partial charge is 0.313 e. The lowest BCUT2D eigenvalue weighted by Gasteiger charge is -2.15. The Labute approximate surface area is 106 Å². The van der Waals surface area contributed by atoms with Crippen molar-refractivity contribution in [3.63, 3.8) is 0 Å². The van der Waals surface area contributed by atoms with Crippen LogP contribution in [0.25, 0.3) is 0 Å². The lowest BCUT2D eigenvalue weighted by Crippen LogP contribution is -2.37. The Morgan fingerprint density at radius 3 is 2.61 bits per heavy atom. The van der Waals surface area contributed by atoms with E-state index in [1.807, 2.05) is 13.0 Å². The van der Waals surface area contributed by atoms with Crippen LogP contribution in [0.2, 0.25) is 0 Å². The highest BCUT2D eigenvalue weighted by atomic mass is 16.2. The van der Waals surface area contributed by atoms with E-state index in [1.54, 1.807) is 17.0 Å². The van der Waals surface area contributed by atoms with Gasteiger partial charge in [0.1, 0.15) is 0 Å². The summed E-state index contributed by atoms with van der Waals surface area (Å²) < 4.78 is 0. The number of nitrogens with two attached hydrogens (primary N) is 1. The first-order valence-corrected chi connectivity index (χ1v) is 6.04. The quantitative estimate of drug-likeness (QED) is 0.577. The van der Waals surface area contributed by atoms with E-state index in [1.165, 1.54) is 0 Å². The molecule has 3 N–H and O–H groups in total. The normalized spacial score (nSPS) is 14.6. The zero-order valence-electron chi connectivity index (χ0n) is 10.4. The van der Waals surface area contributed by atoms with Crippen LogP contribution in [-0.2, 0) is 9.59 Å². The first-order chi connectivity index (χ1) is 8.58. The van der Waals surface area contributed by atoms with Crippen molar-refractivity contribution in [1.29, 1.82) is 0 Å². The van der Waals surface area contributed by atoms with Crippen LogP contribution in [-0.4, -0.2) is 29.8 Å². The van der Waals surface area contributed by atoms with Crippen molar-refractivity contribution in [2.24, 2.45) is 0 Å². The van der Waals surface area contributed by atoms with Gasteiger partial charge in [-0.2, -0.15) is 0 Å². The number of hydrogen-bond acceptors (Lipinski definition) is 3. The molecule has 0 atom stereocenters. The van der Waals surface area contributed by atoms with Crippen molar-refractivity contribution in [2.45, 2.75) is 19.8 Å². The molecule has 1 aromatic rings. The Kier molecular flexibility index (Phi) is 3.50. The van der Waals surface area contributed by atoms with Crippen LogP contribution < -0.4 is 11.1 Å². The number of nitrogen functional groups attached to an aromatic ring is 1. The first-order valence-electron chi connectivity index (χ1n) is 6.04. The number of nitrogens with zero attached hydrogens (tertiary/aromatic N) is 1. The van der Waals surface area contributed by atoms with Crippen LogP contribution in [0.15, 0.2) is 18.2 Å². The average molecular weight is 247 g/mol. The van der Waals surface area contributed by atoms with E-state index in [0.29, 0.717) is 24.5 Å². The van der Waals surface area contributed by atoms with E-state index < -0.39 is 11.8 Å². The fourth-order valence-corrected chi connectivity index (χ4v) is 2.02. The Morgan fingerprint density at radius 2 is 1.94 bits per heavy atom. The molecule has 1 heterocycles. The number of nitrogens with one attached hydrogen (secondary N) is 1. The van der Waals surface area contributed by atoms with Gasteiger partial charge in [-0.15, -0.1) is 0 Å². The molecule has 1 aliphatic rings. The van der Waals surface area contributed by atoms with E-state index in [2.05, 4.69) is 5.32 Å². The number of aryl methyl sites for hydroxylation is 1. The molecule has 5 nitrogen and oxygen atoms in total. The van der Waals surface area contributed by atoms with Crippen LogP contribution in [0.5, 0.6) is 0 Å². The van der Waals surface area contributed by atoms with Gasteiger partial charge >= 0.3 is 11.8 Å². The molecule has 0 bridgehead atoms.